The van der Waals surface area contributed by atoms with Crippen molar-refractivity contribution in [1.29, 1.82) is 0 Å². The van der Waals surface area contributed by atoms with E-state index in [1.165, 1.54) is 0 Å². The zero-order valence-electron chi connectivity index (χ0n) is 15.5. The number of nitrogens with two attached hydrogens (primary N) is 1. The molecule has 2 aromatic carbocycles. The first kappa shape index (κ1) is 18.7. The molecule has 7 heteroatoms. The molecular formula is C20H24N4O3. The molecule has 0 spiro atoms. The van der Waals surface area contributed by atoms with Crippen LogP contribution in [0.4, 0.5) is 0 Å². The van der Waals surface area contributed by atoms with E-state index in [1.807, 2.05) is 62.4 Å². The molecule has 0 aliphatic heterocycles. The summed E-state index contributed by atoms with van der Waals surface area (Å²) in [7, 11) is 0. The molecule has 0 bridgehead atoms. The van der Waals surface area contributed by atoms with Crippen LogP contribution < -0.4 is 19.9 Å². The zero-order chi connectivity index (χ0) is 19.1. The maximum absolute atomic E-state index is 6.34. The van der Waals surface area contributed by atoms with E-state index in [-0.39, 0.29) is 6.61 Å². The van der Waals surface area contributed by atoms with Crippen LogP contribution >= 0.6 is 0 Å². The number of nitrogens with zero attached hydrogens (tertiary/aromatic N) is 2. The Balaban J connectivity index is 1.71. The number of rotatable bonds is 9. The number of benzene rings is 2. The summed E-state index contributed by atoms with van der Waals surface area (Å²) in [6.45, 7) is 5.26. The van der Waals surface area contributed by atoms with Crippen molar-refractivity contribution in [3.63, 3.8) is 0 Å². The Morgan fingerprint density at radius 3 is 2.44 bits per heavy atom. The Hall–Kier alpha value is -3.06. The second kappa shape index (κ2) is 9.05. The number of nitrogens with one attached hydrogen (secondary N) is 1. The van der Waals surface area contributed by atoms with Gasteiger partial charge in [0.15, 0.2) is 23.1 Å². The molecule has 27 heavy (non-hydrogen) atoms. The van der Waals surface area contributed by atoms with Gasteiger partial charge < -0.3 is 19.9 Å². The molecule has 0 aliphatic carbocycles. The van der Waals surface area contributed by atoms with Crippen LogP contribution in [0.25, 0.3) is 0 Å². The minimum atomic E-state index is -0.485. The summed E-state index contributed by atoms with van der Waals surface area (Å²) < 4.78 is 16.9. The minimum absolute atomic E-state index is 0.289. The molecule has 0 radical (unpaired) electrons. The van der Waals surface area contributed by atoms with Crippen LogP contribution in [-0.2, 0) is 6.61 Å². The lowest BCUT2D eigenvalue weighted by Gasteiger charge is -2.14. The zero-order valence-corrected chi connectivity index (χ0v) is 15.5. The van der Waals surface area contributed by atoms with E-state index in [1.54, 1.807) is 0 Å². The quantitative estimate of drug-likeness (QED) is 0.602. The van der Waals surface area contributed by atoms with E-state index in [4.69, 9.17) is 19.9 Å². The van der Waals surface area contributed by atoms with Gasteiger partial charge in [0.2, 0.25) is 0 Å². The molecule has 3 N–H and O–H groups in total. The molecule has 0 saturated heterocycles. The first-order chi connectivity index (χ1) is 13.2. The fourth-order valence-electron chi connectivity index (χ4n) is 2.59. The molecular weight excluding hydrogens is 344 g/mol. The number of para-hydroxylation sites is 1. The SMILES string of the molecule is CCOc1ccc([C@H](N)c2n[nH]c(COc3ccccc3)n2)cc1OCC. The van der Waals surface area contributed by atoms with Gasteiger partial charge in [0.25, 0.3) is 0 Å². The number of hydrogen-bond donors (Lipinski definition) is 2. The van der Waals surface area contributed by atoms with E-state index in [0.29, 0.717) is 36.4 Å². The Kier molecular flexibility index (Phi) is 6.27. The van der Waals surface area contributed by atoms with Crippen LogP contribution in [0.2, 0.25) is 0 Å². The average molecular weight is 368 g/mol. The summed E-state index contributed by atoms with van der Waals surface area (Å²) in [5.74, 6) is 3.24. The first-order valence-corrected chi connectivity index (χ1v) is 8.95. The van der Waals surface area contributed by atoms with Gasteiger partial charge in [-0.2, -0.15) is 5.10 Å². The Labute approximate surface area is 158 Å². The van der Waals surface area contributed by atoms with E-state index >= 15 is 0 Å². The molecule has 1 atom stereocenters. The predicted molar refractivity (Wildman–Crippen MR) is 102 cm³/mol. The Morgan fingerprint density at radius 2 is 1.70 bits per heavy atom. The molecule has 0 saturated carbocycles. The fourth-order valence-corrected chi connectivity index (χ4v) is 2.59. The smallest absolute Gasteiger partial charge is 0.172 e. The normalized spacial score (nSPS) is 11.8. The topological polar surface area (TPSA) is 95.3 Å². The first-order valence-electron chi connectivity index (χ1n) is 8.95. The molecule has 0 unspecified atom stereocenters. The molecule has 3 rings (SSSR count). The van der Waals surface area contributed by atoms with Crippen LogP contribution in [-0.4, -0.2) is 28.4 Å². The van der Waals surface area contributed by atoms with Crippen molar-refractivity contribution >= 4 is 0 Å². The largest absolute Gasteiger partial charge is 0.490 e. The molecule has 0 amide bonds. The van der Waals surface area contributed by atoms with Crippen LogP contribution in [0.5, 0.6) is 17.2 Å². The third-order valence-corrected chi connectivity index (χ3v) is 3.87. The van der Waals surface area contributed by atoms with Crippen LogP contribution in [0.3, 0.4) is 0 Å². The number of H-pyrrole nitrogens is 1. The maximum atomic E-state index is 6.34. The monoisotopic (exact) mass is 368 g/mol. The molecule has 3 aromatic rings. The van der Waals surface area contributed by atoms with Gasteiger partial charge in [-0.1, -0.05) is 24.3 Å². The number of aromatic nitrogens is 3. The van der Waals surface area contributed by atoms with Gasteiger partial charge >= 0.3 is 0 Å². The lowest BCUT2D eigenvalue weighted by Crippen LogP contribution is -2.14. The summed E-state index contributed by atoms with van der Waals surface area (Å²) in [5, 5.41) is 7.10. The lowest BCUT2D eigenvalue weighted by atomic mass is 10.1. The van der Waals surface area contributed by atoms with Gasteiger partial charge in [0, 0.05) is 0 Å². The highest BCUT2D eigenvalue weighted by atomic mass is 16.5. The van der Waals surface area contributed by atoms with Crippen molar-refractivity contribution in [2.75, 3.05) is 13.2 Å². The highest BCUT2D eigenvalue weighted by molar-refractivity contribution is 5.44. The fraction of sp³-hybridized carbons (Fsp3) is 0.300. The molecule has 1 heterocycles. The van der Waals surface area contributed by atoms with E-state index < -0.39 is 6.04 Å². The predicted octanol–water partition coefficient (Wildman–Crippen LogP) is 3.23. The average Bonchev–Trinajstić information content (AvgIpc) is 3.17. The molecule has 142 valence electrons. The van der Waals surface area contributed by atoms with Gasteiger partial charge in [0.1, 0.15) is 12.4 Å². The maximum Gasteiger partial charge on any atom is 0.172 e. The minimum Gasteiger partial charge on any atom is -0.490 e. The summed E-state index contributed by atoms with van der Waals surface area (Å²) in [6, 6.07) is 14.7. The van der Waals surface area contributed by atoms with Crippen molar-refractivity contribution in [3.05, 3.63) is 65.7 Å². The summed E-state index contributed by atoms with van der Waals surface area (Å²) >= 11 is 0. The second-order valence-corrected chi connectivity index (χ2v) is 5.79. The van der Waals surface area contributed by atoms with E-state index in [9.17, 15) is 0 Å². The van der Waals surface area contributed by atoms with Gasteiger partial charge in [-0.15, -0.1) is 0 Å². The van der Waals surface area contributed by atoms with Gasteiger partial charge in [-0.3, -0.25) is 5.10 Å². The third-order valence-electron chi connectivity index (χ3n) is 3.87. The number of ether oxygens (including phenoxy) is 3. The van der Waals surface area contributed by atoms with Crippen molar-refractivity contribution in [2.45, 2.75) is 26.5 Å². The van der Waals surface area contributed by atoms with Crippen molar-refractivity contribution < 1.29 is 14.2 Å². The summed E-state index contributed by atoms with van der Waals surface area (Å²) in [4.78, 5) is 4.45. The van der Waals surface area contributed by atoms with Crippen LogP contribution in [0.15, 0.2) is 48.5 Å². The van der Waals surface area contributed by atoms with E-state index in [0.717, 1.165) is 11.3 Å². The van der Waals surface area contributed by atoms with Gasteiger partial charge in [-0.05, 0) is 43.7 Å². The Bertz CT molecular complexity index is 851. The standard InChI is InChI=1S/C20H24N4O3/c1-3-25-16-11-10-14(12-17(16)26-4-2)19(21)20-22-18(23-24-20)13-27-15-8-6-5-7-9-15/h5-12,19H,3-4,13,21H2,1-2H3,(H,22,23,24)/t19-/m0/s1. The highest BCUT2D eigenvalue weighted by Crippen LogP contribution is 2.31. The van der Waals surface area contributed by atoms with Crippen molar-refractivity contribution in [3.8, 4) is 17.2 Å². The summed E-state index contributed by atoms with van der Waals surface area (Å²) in [6.07, 6.45) is 0. The lowest BCUT2D eigenvalue weighted by molar-refractivity contribution is 0.287. The van der Waals surface area contributed by atoms with Gasteiger partial charge in [-0.25, -0.2) is 4.98 Å². The molecule has 7 nitrogen and oxygen atoms in total. The van der Waals surface area contributed by atoms with E-state index in [2.05, 4.69) is 15.2 Å². The van der Waals surface area contributed by atoms with Gasteiger partial charge in [0.05, 0.1) is 19.3 Å². The molecule has 1 aromatic heterocycles. The van der Waals surface area contributed by atoms with Crippen molar-refractivity contribution in [1.82, 2.24) is 15.2 Å². The Morgan fingerprint density at radius 1 is 0.963 bits per heavy atom. The number of aromatic amines is 1. The molecule has 0 aliphatic rings. The summed E-state index contributed by atoms with van der Waals surface area (Å²) in [5.41, 5.74) is 7.19. The molecule has 0 fully saturated rings. The van der Waals surface area contributed by atoms with Crippen molar-refractivity contribution in [2.24, 2.45) is 5.73 Å². The number of hydrogen-bond acceptors (Lipinski definition) is 6. The van der Waals surface area contributed by atoms with Crippen LogP contribution in [0.1, 0.15) is 37.1 Å². The second-order valence-electron chi connectivity index (χ2n) is 5.79. The van der Waals surface area contributed by atoms with Crippen LogP contribution in [0, 0.1) is 0 Å². The highest BCUT2D eigenvalue weighted by Gasteiger charge is 2.17. The third kappa shape index (κ3) is 4.77.